The van der Waals surface area contributed by atoms with Crippen molar-refractivity contribution in [3.05, 3.63) is 71.5 Å². The van der Waals surface area contributed by atoms with Crippen molar-refractivity contribution in [1.29, 1.82) is 0 Å². The zero-order chi connectivity index (χ0) is 23.3. The number of amides is 2. The van der Waals surface area contributed by atoms with Crippen LogP contribution in [0.15, 0.2) is 59.6 Å². The number of nitrogens with zero attached hydrogens (tertiary/aromatic N) is 3. The van der Waals surface area contributed by atoms with Crippen LogP contribution in [-0.4, -0.2) is 46.3 Å². The van der Waals surface area contributed by atoms with Gasteiger partial charge in [-0.15, -0.1) is 5.10 Å². The highest BCUT2D eigenvalue weighted by Crippen LogP contribution is 2.10. The molecule has 12 nitrogen and oxygen atoms in total. The third kappa shape index (κ3) is 5.96. The summed E-state index contributed by atoms with van der Waals surface area (Å²) in [7, 11) is -3.84. The number of carboxylic acids is 1. The lowest BCUT2D eigenvalue weighted by Gasteiger charge is -2.05. The van der Waals surface area contributed by atoms with Gasteiger partial charge in [0.15, 0.2) is 0 Å². The molecule has 13 heteroatoms. The van der Waals surface area contributed by atoms with Gasteiger partial charge in [-0.05, 0) is 48.5 Å². The summed E-state index contributed by atoms with van der Waals surface area (Å²) in [4.78, 5) is 35.0. The van der Waals surface area contributed by atoms with Crippen molar-refractivity contribution in [2.75, 3.05) is 5.32 Å². The molecule has 0 fully saturated rings. The molecule has 0 aliphatic carbocycles. The van der Waals surface area contributed by atoms with E-state index >= 15 is 0 Å². The molecule has 0 unspecified atom stereocenters. The quantitative estimate of drug-likeness (QED) is 0.368. The number of nitrogens with one attached hydrogen (secondary N) is 2. The predicted octanol–water partition coefficient (Wildman–Crippen LogP) is 0.192. The highest BCUT2D eigenvalue weighted by Gasteiger charge is 2.12. The lowest BCUT2D eigenvalue weighted by atomic mass is 10.2. The van der Waals surface area contributed by atoms with Gasteiger partial charge in [-0.3, -0.25) is 9.59 Å². The van der Waals surface area contributed by atoms with E-state index in [4.69, 9.17) is 10.2 Å². The number of hydrogen-bond donors (Lipinski definition) is 4. The average molecular weight is 458 g/mol. The van der Waals surface area contributed by atoms with Crippen molar-refractivity contribution in [3.8, 4) is 0 Å². The number of aromatic nitrogens is 3. The van der Waals surface area contributed by atoms with Gasteiger partial charge in [-0.25, -0.2) is 23.0 Å². The van der Waals surface area contributed by atoms with Gasteiger partial charge in [-0.1, -0.05) is 5.21 Å². The number of carbonyl (C=O) groups is 3. The molecule has 2 aromatic carbocycles. The zero-order valence-electron chi connectivity index (χ0n) is 16.4. The molecule has 1 aromatic heterocycles. The smallest absolute Gasteiger partial charge is 0.335 e. The van der Waals surface area contributed by atoms with Crippen LogP contribution >= 0.6 is 0 Å². The summed E-state index contributed by atoms with van der Waals surface area (Å²) in [5.74, 6) is -1.92. The predicted molar refractivity (Wildman–Crippen MR) is 111 cm³/mol. The fraction of sp³-hybridized carbons (Fsp3) is 0.105. The van der Waals surface area contributed by atoms with Crippen molar-refractivity contribution in [2.24, 2.45) is 5.14 Å². The SMILES string of the molecule is NS(=O)(=O)c1ccc(C(=O)NCc2cn(CC(=O)Nc3ccc(C(=O)O)cc3)nn2)cc1. The molecule has 5 N–H and O–H groups in total. The number of benzene rings is 2. The first-order valence-electron chi connectivity index (χ1n) is 9.05. The summed E-state index contributed by atoms with van der Waals surface area (Å²) in [6.45, 7) is -0.106. The number of aromatic carboxylic acids is 1. The molecule has 0 atom stereocenters. The fourth-order valence-corrected chi connectivity index (χ4v) is 3.12. The molecule has 2 amide bonds. The summed E-state index contributed by atoms with van der Waals surface area (Å²) < 4.78 is 23.8. The summed E-state index contributed by atoms with van der Waals surface area (Å²) in [5.41, 5.74) is 1.17. The number of hydrogen-bond acceptors (Lipinski definition) is 7. The fourth-order valence-electron chi connectivity index (χ4n) is 2.61. The van der Waals surface area contributed by atoms with E-state index in [2.05, 4.69) is 20.9 Å². The van der Waals surface area contributed by atoms with Crippen LogP contribution in [0.25, 0.3) is 0 Å². The van der Waals surface area contributed by atoms with E-state index in [0.717, 1.165) is 0 Å². The molecule has 3 aromatic rings. The number of carboxylic acid groups (broad SMARTS) is 1. The van der Waals surface area contributed by atoms with Gasteiger partial charge in [0, 0.05) is 11.3 Å². The van der Waals surface area contributed by atoms with Crippen LogP contribution in [0.5, 0.6) is 0 Å². The van der Waals surface area contributed by atoms with Crippen LogP contribution in [0, 0.1) is 0 Å². The number of anilines is 1. The Balaban J connectivity index is 1.51. The van der Waals surface area contributed by atoms with Crippen molar-refractivity contribution in [1.82, 2.24) is 20.3 Å². The van der Waals surface area contributed by atoms with Crippen LogP contribution in [0.4, 0.5) is 5.69 Å². The largest absolute Gasteiger partial charge is 0.478 e. The minimum atomic E-state index is -3.84. The first-order chi connectivity index (χ1) is 15.1. The first kappa shape index (κ1) is 22.6. The summed E-state index contributed by atoms with van der Waals surface area (Å²) in [5, 5.41) is 26.8. The Kier molecular flexibility index (Phi) is 6.61. The van der Waals surface area contributed by atoms with E-state index in [1.54, 1.807) is 0 Å². The molecule has 0 saturated heterocycles. The second kappa shape index (κ2) is 9.36. The van der Waals surface area contributed by atoms with Crippen molar-refractivity contribution >= 4 is 33.5 Å². The molecular weight excluding hydrogens is 440 g/mol. The highest BCUT2D eigenvalue weighted by molar-refractivity contribution is 7.89. The molecule has 0 bridgehead atoms. The summed E-state index contributed by atoms with van der Waals surface area (Å²) in [6.07, 6.45) is 1.48. The van der Waals surface area contributed by atoms with Crippen LogP contribution in [0.3, 0.4) is 0 Å². The Morgan fingerprint density at radius 1 is 1.00 bits per heavy atom. The molecule has 1 heterocycles. The van der Waals surface area contributed by atoms with Crippen molar-refractivity contribution in [3.63, 3.8) is 0 Å². The monoisotopic (exact) mass is 458 g/mol. The zero-order valence-corrected chi connectivity index (χ0v) is 17.2. The van der Waals surface area contributed by atoms with E-state index < -0.39 is 27.8 Å². The molecule has 0 radical (unpaired) electrons. The number of primary sulfonamides is 1. The Morgan fingerprint density at radius 2 is 1.62 bits per heavy atom. The molecule has 32 heavy (non-hydrogen) atoms. The van der Waals surface area contributed by atoms with Gasteiger partial charge in [0.25, 0.3) is 5.91 Å². The topological polar surface area (TPSA) is 186 Å². The van der Waals surface area contributed by atoms with Gasteiger partial charge < -0.3 is 15.7 Å². The van der Waals surface area contributed by atoms with Crippen LogP contribution < -0.4 is 15.8 Å². The van der Waals surface area contributed by atoms with Crippen molar-refractivity contribution in [2.45, 2.75) is 18.0 Å². The van der Waals surface area contributed by atoms with Crippen molar-refractivity contribution < 1.29 is 27.9 Å². The number of sulfonamides is 1. The lowest BCUT2D eigenvalue weighted by Crippen LogP contribution is -2.23. The highest BCUT2D eigenvalue weighted by atomic mass is 32.2. The summed E-state index contributed by atoms with van der Waals surface area (Å²) >= 11 is 0. The molecule has 3 rings (SSSR count). The van der Waals surface area contributed by atoms with E-state index in [1.807, 2.05) is 0 Å². The molecule has 166 valence electrons. The van der Waals surface area contributed by atoms with Gasteiger partial charge in [0.05, 0.1) is 23.2 Å². The Hall–Kier alpha value is -4.10. The van der Waals surface area contributed by atoms with Crippen LogP contribution in [-0.2, 0) is 27.9 Å². The summed E-state index contributed by atoms with van der Waals surface area (Å²) in [6, 6.07) is 10.8. The minimum Gasteiger partial charge on any atom is -0.478 e. The standard InChI is InChI=1S/C19H18N6O6S/c20-32(30,31)16-7-3-12(4-8-16)18(27)21-9-15-10-25(24-23-15)11-17(26)22-14-5-1-13(2-6-14)19(28)29/h1-8,10H,9,11H2,(H,21,27)(H,22,26)(H,28,29)(H2,20,30,31). The van der Waals surface area contributed by atoms with E-state index in [9.17, 15) is 22.8 Å². The minimum absolute atomic E-state index is 0.0358. The maximum Gasteiger partial charge on any atom is 0.335 e. The number of rotatable bonds is 8. The molecule has 0 aliphatic rings. The Morgan fingerprint density at radius 3 is 2.22 bits per heavy atom. The maximum atomic E-state index is 12.2. The van der Waals surface area contributed by atoms with E-state index in [-0.39, 0.29) is 29.1 Å². The lowest BCUT2D eigenvalue weighted by molar-refractivity contribution is -0.116. The molecule has 0 aliphatic heterocycles. The Bertz CT molecular complexity index is 1250. The average Bonchev–Trinajstić information content (AvgIpc) is 3.19. The van der Waals surface area contributed by atoms with Crippen LogP contribution in [0.2, 0.25) is 0 Å². The number of carbonyl (C=O) groups excluding carboxylic acids is 2. The normalized spacial score (nSPS) is 11.0. The second-order valence-electron chi connectivity index (χ2n) is 6.59. The Labute approximate surface area is 182 Å². The van der Waals surface area contributed by atoms with E-state index in [0.29, 0.717) is 11.4 Å². The third-order valence-corrected chi connectivity index (χ3v) is 5.11. The van der Waals surface area contributed by atoms with E-state index in [1.165, 1.54) is 59.4 Å². The van der Waals surface area contributed by atoms with Gasteiger partial charge >= 0.3 is 5.97 Å². The molecule has 0 spiro atoms. The molecular formula is C19H18N6O6S. The number of nitrogens with two attached hydrogens (primary N) is 1. The van der Waals surface area contributed by atoms with Gasteiger partial charge in [0.2, 0.25) is 15.9 Å². The molecule has 0 saturated carbocycles. The maximum absolute atomic E-state index is 12.2. The second-order valence-corrected chi connectivity index (χ2v) is 8.15. The van der Waals surface area contributed by atoms with Crippen LogP contribution in [0.1, 0.15) is 26.4 Å². The first-order valence-corrected chi connectivity index (χ1v) is 10.6. The third-order valence-electron chi connectivity index (χ3n) is 4.18. The van der Waals surface area contributed by atoms with Gasteiger partial charge in [-0.2, -0.15) is 0 Å². The van der Waals surface area contributed by atoms with Gasteiger partial charge in [0.1, 0.15) is 12.2 Å².